The Bertz CT molecular complexity index is 270. The van der Waals surface area contributed by atoms with E-state index < -0.39 is 0 Å². The monoisotopic (exact) mass is 282 g/mol. The fraction of sp³-hybridized carbons (Fsp3) is 1.00. The van der Waals surface area contributed by atoms with Crippen molar-refractivity contribution in [2.24, 2.45) is 11.3 Å². The molecule has 1 rings (SSSR count). The van der Waals surface area contributed by atoms with Gasteiger partial charge in [0.2, 0.25) is 0 Å². The second-order valence-corrected chi connectivity index (χ2v) is 8.77. The van der Waals surface area contributed by atoms with Gasteiger partial charge in [-0.1, -0.05) is 27.2 Å². The molecule has 0 aromatic carbocycles. The van der Waals surface area contributed by atoms with Crippen LogP contribution in [0.1, 0.15) is 73.6 Å². The maximum Gasteiger partial charge on any atom is 0.00967 e. The van der Waals surface area contributed by atoms with Crippen LogP contribution in [0.15, 0.2) is 0 Å². The Labute approximate surface area is 127 Å². The summed E-state index contributed by atoms with van der Waals surface area (Å²) >= 11 is 0. The van der Waals surface area contributed by atoms with Crippen molar-refractivity contribution in [2.45, 2.75) is 85.2 Å². The summed E-state index contributed by atoms with van der Waals surface area (Å²) in [5.41, 5.74) is 0.554. The van der Waals surface area contributed by atoms with E-state index >= 15 is 0 Å². The van der Waals surface area contributed by atoms with E-state index in [4.69, 9.17) is 0 Å². The van der Waals surface area contributed by atoms with Crippen molar-refractivity contribution in [2.75, 3.05) is 20.1 Å². The van der Waals surface area contributed by atoms with Crippen LogP contribution in [-0.2, 0) is 0 Å². The normalized spacial score (nSPS) is 25.2. The highest BCUT2D eigenvalue weighted by Crippen LogP contribution is 2.30. The summed E-state index contributed by atoms with van der Waals surface area (Å²) in [6.07, 6.45) is 7.05. The Morgan fingerprint density at radius 3 is 2.00 bits per heavy atom. The molecule has 1 N–H and O–H groups in total. The predicted molar refractivity (Wildman–Crippen MR) is 90.2 cm³/mol. The molecule has 20 heavy (non-hydrogen) atoms. The second kappa shape index (κ2) is 7.26. The summed E-state index contributed by atoms with van der Waals surface area (Å²) in [5, 5.41) is 3.66. The van der Waals surface area contributed by atoms with E-state index in [1.165, 1.54) is 38.6 Å². The predicted octanol–water partition coefficient (Wildman–Crippen LogP) is 4.30. The van der Waals surface area contributed by atoms with E-state index in [0.29, 0.717) is 5.41 Å². The van der Waals surface area contributed by atoms with Gasteiger partial charge in [-0.2, -0.15) is 0 Å². The molecule has 0 radical (unpaired) electrons. The first-order valence-corrected chi connectivity index (χ1v) is 8.58. The van der Waals surface area contributed by atoms with Crippen LogP contribution in [0, 0.1) is 11.3 Å². The first kappa shape index (κ1) is 18.0. The Kier molecular flexibility index (Phi) is 6.53. The van der Waals surface area contributed by atoms with Crippen molar-refractivity contribution in [3.05, 3.63) is 0 Å². The van der Waals surface area contributed by atoms with Crippen LogP contribution in [0.4, 0.5) is 0 Å². The maximum atomic E-state index is 3.66. The van der Waals surface area contributed by atoms with Gasteiger partial charge >= 0.3 is 0 Å². The standard InChI is InChI=1S/C18H38N2/c1-8-15-9-11-16(12-10-15)20(7)14-18(5,6)13-19-17(2,3)4/h15-16,19H,8-14H2,1-7H3. The number of nitrogens with one attached hydrogen (secondary N) is 1. The number of hydrogen-bond donors (Lipinski definition) is 1. The molecule has 0 spiro atoms. The van der Waals surface area contributed by atoms with Gasteiger partial charge in [-0.25, -0.2) is 0 Å². The molecule has 0 bridgehead atoms. The van der Waals surface area contributed by atoms with Gasteiger partial charge in [-0.15, -0.1) is 0 Å². The van der Waals surface area contributed by atoms with Crippen LogP contribution in [0.25, 0.3) is 0 Å². The molecule has 0 aromatic rings. The Morgan fingerprint density at radius 1 is 1.00 bits per heavy atom. The molecule has 2 nitrogen and oxygen atoms in total. The van der Waals surface area contributed by atoms with Crippen LogP contribution >= 0.6 is 0 Å². The molecule has 1 aliphatic carbocycles. The second-order valence-electron chi connectivity index (χ2n) is 8.77. The largest absolute Gasteiger partial charge is 0.311 e. The molecular weight excluding hydrogens is 244 g/mol. The topological polar surface area (TPSA) is 15.3 Å². The highest BCUT2D eigenvalue weighted by Gasteiger charge is 2.28. The lowest BCUT2D eigenvalue weighted by atomic mass is 9.83. The Hall–Kier alpha value is -0.0800. The zero-order valence-corrected chi connectivity index (χ0v) is 15.1. The van der Waals surface area contributed by atoms with Gasteiger partial charge < -0.3 is 10.2 Å². The molecule has 0 saturated heterocycles. The summed E-state index contributed by atoms with van der Waals surface area (Å²) in [5.74, 6) is 0.996. The molecule has 1 fully saturated rings. The minimum Gasteiger partial charge on any atom is -0.311 e. The molecule has 0 aliphatic heterocycles. The average molecular weight is 283 g/mol. The van der Waals surface area contributed by atoms with Crippen LogP contribution < -0.4 is 5.32 Å². The van der Waals surface area contributed by atoms with Gasteiger partial charge in [0, 0.05) is 24.7 Å². The van der Waals surface area contributed by atoms with Crippen molar-refractivity contribution in [3.8, 4) is 0 Å². The van der Waals surface area contributed by atoms with Crippen LogP contribution in [-0.4, -0.2) is 36.6 Å². The lowest BCUT2D eigenvalue weighted by Crippen LogP contribution is -2.48. The van der Waals surface area contributed by atoms with Crippen LogP contribution in [0.5, 0.6) is 0 Å². The van der Waals surface area contributed by atoms with Gasteiger partial charge in [0.1, 0.15) is 0 Å². The molecular formula is C18H38N2. The minimum atomic E-state index is 0.217. The van der Waals surface area contributed by atoms with Gasteiger partial charge in [0.15, 0.2) is 0 Å². The van der Waals surface area contributed by atoms with Gasteiger partial charge in [-0.05, 0) is 64.8 Å². The zero-order chi connectivity index (χ0) is 15.4. The number of nitrogens with zero attached hydrogens (tertiary/aromatic N) is 1. The van der Waals surface area contributed by atoms with E-state index in [9.17, 15) is 0 Å². The molecule has 0 aromatic heterocycles. The summed E-state index contributed by atoms with van der Waals surface area (Å²) < 4.78 is 0. The van der Waals surface area contributed by atoms with Crippen LogP contribution in [0.2, 0.25) is 0 Å². The summed E-state index contributed by atoms with van der Waals surface area (Å²) in [4.78, 5) is 2.62. The van der Waals surface area contributed by atoms with E-state index in [1.807, 2.05) is 0 Å². The van der Waals surface area contributed by atoms with Gasteiger partial charge in [-0.3, -0.25) is 0 Å². The third-order valence-corrected chi connectivity index (χ3v) is 4.79. The lowest BCUT2D eigenvalue weighted by Gasteiger charge is -2.39. The van der Waals surface area contributed by atoms with Crippen LogP contribution in [0.3, 0.4) is 0 Å². The summed E-state index contributed by atoms with van der Waals surface area (Å²) in [6, 6.07) is 0.812. The molecule has 1 saturated carbocycles. The quantitative estimate of drug-likeness (QED) is 0.781. The van der Waals surface area contributed by atoms with Crippen molar-refractivity contribution in [1.29, 1.82) is 0 Å². The minimum absolute atomic E-state index is 0.217. The molecule has 0 heterocycles. The SMILES string of the molecule is CCC1CCC(N(C)CC(C)(C)CNC(C)(C)C)CC1. The van der Waals surface area contributed by atoms with E-state index in [0.717, 1.165) is 18.5 Å². The molecule has 1 aliphatic rings. The van der Waals surface area contributed by atoms with Gasteiger partial charge in [0.05, 0.1) is 0 Å². The fourth-order valence-electron chi connectivity index (χ4n) is 3.36. The average Bonchev–Trinajstić information content (AvgIpc) is 2.35. The first-order valence-electron chi connectivity index (χ1n) is 8.58. The van der Waals surface area contributed by atoms with Gasteiger partial charge in [0.25, 0.3) is 0 Å². The fourth-order valence-corrected chi connectivity index (χ4v) is 3.36. The first-order chi connectivity index (χ1) is 9.13. The third kappa shape index (κ3) is 6.58. The van der Waals surface area contributed by atoms with E-state index in [2.05, 4.69) is 58.8 Å². The van der Waals surface area contributed by atoms with Crippen molar-refractivity contribution >= 4 is 0 Å². The molecule has 0 amide bonds. The van der Waals surface area contributed by atoms with Crippen molar-refractivity contribution in [1.82, 2.24) is 10.2 Å². The maximum absolute atomic E-state index is 3.66. The van der Waals surface area contributed by atoms with Crippen molar-refractivity contribution < 1.29 is 0 Å². The Balaban J connectivity index is 2.38. The summed E-state index contributed by atoms with van der Waals surface area (Å²) in [7, 11) is 2.33. The Morgan fingerprint density at radius 2 is 1.55 bits per heavy atom. The highest BCUT2D eigenvalue weighted by molar-refractivity contribution is 4.84. The molecule has 120 valence electrons. The van der Waals surface area contributed by atoms with Crippen molar-refractivity contribution in [3.63, 3.8) is 0 Å². The van der Waals surface area contributed by atoms with E-state index in [-0.39, 0.29) is 5.54 Å². The van der Waals surface area contributed by atoms with E-state index in [1.54, 1.807) is 0 Å². The lowest BCUT2D eigenvalue weighted by molar-refractivity contribution is 0.112. The number of hydrogen-bond acceptors (Lipinski definition) is 2. The smallest absolute Gasteiger partial charge is 0.00967 e. The molecule has 0 atom stereocenters. The third-order valence-electron chi connectivity index (χ3n) is 4.79. The summed E-state index contributed by atoms with van der Waals surface area (Å²) in [6.45, 7) is 16.1. The highest BCUT2D eigenvalue weighted by atomic mass is 15.1. The molecule has 0 unspecified atom stereocenters. The zero-order valence-electron chi connectivity index (χ0n) is 15.1. The number of rotatable bonds is 6. The molecule has 2 heteroatoms.